The molecule has 2 aromatic rings. The standard InChI is InChI=1S/C17H19ClN2O3S/c1-11-9-20(10-13-4-3-7-23-13)17(24-11)19-16(21)14-8-12(18)5-6-15(14)22-2/h5-6,8-9,13H,3-4,7,10H2,1-2H3/t13-/m1/s1. The maximum absolute atomic E-state index is 12.6. The maximum Gasteiger partial charge on any atom is 0.283 e. The molecule has 0 bridgehead atoms. The van der Waals surface area contributed by atoms with Crippen molar-refractivity contribution in [1.29, 1.82) is 0 Å². The van der Waals surface area contributed by atoms with Crippen LogP contribution in [0.25, 0.3) is 0 Å². The molecule has 1 saturated heterocycles. The van der Waals surface area contributed by atoms with Gasteiger partial charge in [-0.3, -0.25) is 4.79 Å². The second-order valence-electron chi connectivity index (χ2n) is 5.67. The highest BCUT2D eigenvalue weighted by Crippen LogP contribution is 2.23. The summed E-state index contributed by atoms with van der Waals surface area (Å²) in [5.41, 5.74) is 0.361. The van der Waals surface area contributed by atoms with Crippen molar-refractivity contribution < 1.29 is 14.3 Å². The van der Waals surface area contributed by atoms with Gasteiger partial charge in [0.15, 0.2) is 4.80 Å². The molecule has 0 aliphatic carbocycles. The third-order valence-electron chi connectivity index (χ3n) is 3.85. The number of methoxy groups -OCH3 is 1. The summed E-state index contributed by atoms with van der Waals surface area (Å²) in [5.74, 6) is 0.101. The topological polar surface area (TPSA) is 52.8 Å². The number of aryl methyl sites for hydroxylation is 1. The summed E-state index contributed by atoms with van der Waals surface area (Å²) < 4.78 is 12.9. The fourth-order valence-electron chi connectivity index (χ4n) is 2.72. The van der Waals surface area contributed by atoms with Crippen LogP contribution in [-0.4, -0.2) is 30.3 Å². The van der Waals surface area contributed by atoms with Gasteiger partial charge in [-0.1, -0.05) is 11.6 Å². The predicted molar refractivity (Wildman–Crippen MR) is 93.9 cm³/mol. The smallest absolute Gasteiger partial charge is 0.283 e. The van der Waals surface area contributed by atoms with Crippen molar-refractivity contribution >= 4 is 28.8 Å². The van der Waals surface area contributed by atoms with E-state index < -0.39 is 0 Å². The Balaban J connectivity index is 1.93. The minimum Gasteiger partial charge on any atom is -0.496 e. The van der Waals surface area contributed by atoms with E-state index in [1.165, 1.54) is 18.4 Å². The first kappa shape index (κ1) is 17.2. The van der Waals surface area contributed by atoms with Crippen LogP contribution in [0.2, 0.25) is 5.02 Å². The van der Waals surface area contributed by atoms with E-state index in [1.54, 1.807) is 18.2 Å². The van der Waals surface area contributed by atoms with Crippen molar-refractivity contribution in [3.05, 3.63) is 44.7 Å². The van der Waals surface area contributed by atoms with Gasteiger partial charge < -0.3 is 14.0 Å². The highest BCUT2D eigenvalue weighted by molar-refractivity contribution is 7.09. The summed E-state index contributed by atoms with van der Waals surface area (Å²) in [4.78, 5) is 18.6. The Bertz CT molecular complexity index is 806. The first-order chi connectivity index (χ1) is 11.6. The molecule has 1 fully saturated rings. The number of benzene rings is 1. The molecule has 1 amide bonds. The molecule has 7 heteroatoms. The first-order valence-corrected chi connectivity index (χ1v) is 8.97. The molecule has 1 atom stereocenters. The van der Waals surface area contributed by atoms with E-state index in [1.807, 2.05) is 17.7 Å². The predicted octanol–water partition coefficient (Wildman–Crippen LogP) is 3.44. The molecule has 0 unspecified atom stereocenters. The van der Waals surface area contributed by atoms with Gasteiger partial charge in [0.25, 0.3) is 5.91 Å². The number of carbonyl (C=O) groups excluding carboxylic acids is 1. The summed E-state index contributed by atoms with van der Waals surface area (Å²) in [5, 5.41) is 0.476. The zero-order chi connectivity index (χ0) is 17.1. The SMILES string of the molecule is COc1ccc(Cl)cc1C(=O)N=c1sc(C)cn1C[C@H]1CCCO1. The van der Waals surface area contributed by atoms with E-state index in [4.69, 9.17) is 21.1 Å². The van der Waals surface area contributed by atoms with Gasteiger partial charge in [-0.15, -0.1) is 11.3 Å². The number of halogens is 1. The molecule has 0 spiro atoms. The van der Waals surface area contributed by atoms with Crippen LogP contribution in [0.1, 0.15) is 28.1 Å². The van der Waals surface area contributed by atoms with Gasteiger partial charge in [-0.2, -0.15) is 4.99 Å². The van der Waals surface area contributed by atoms with Crippen LogP contribution >= 0.6 is 22.9 Å². The van der Waals surface area contributed by atoms with Gasteiger partial charge in [0.1, 0.15) is 5.75 Å². The average molecular weight is 367 g/mol. The molecule has 1 aliphatic rings. The molecule has 128 valence electrons. The molecule has 1 aromatic carbocycles. The molecule has 3 rings (SSSR count). The van der Waals surface area contributed by atoms with Crippen LogP contribution in [0.5, 0.6) is 5.75 Å². The monoisotopic (exact) mass is 366 g/mol. The van der Waals surface area contributed by atoms with Gasteiger partial charge >= 0.3 is 0 Å². The summed E-state index contributed by atoms with van der Waals surface area (Å²) in [6.45, 7) is 3.52. The van der Waals surface area contributed by atoms with Crippen molar-refractivity contribution in [2.75, 3.05) is 13.7 Å². The van der Waals surface area contributed by atoms with Gasteiger partial charge in [-0.25, -0.2) is 0 Å². The van der Waals surface area contributed by atoms with Crippen LogP contribution in [0.3, 0.4) is 0 Å². The highest BCUT2D eigenvalue weighted by atomic mass is 35.5. The average Bonchev–Trinajstić information content (AvgIpc) is 3.18. The molecule has 0 saturated carbocycles. The number of carbonyl (C=O) groups is 1. The number of hydrogen-bond acceptors (Lipinski definition) is 4. The number of rotatable bonds is 4. The zero-order valence-electron chi connectivity index (χ0n) is 13.6. The molecule has 1 aliphatic heterocycles. The normalized spacial score (nSPS) is 18.1. The van der Waals surface area contributed by atoms with Gasteiger partial charge in [0.05, 0.1) is 25.3 Å². The molecule has 1 aromatic heterocycles. The van der Waals surface area contributed by atoms with E-state index in [9.17, 15) is 4.79 Å². The van der Waals surface area contributed by atoms with Gasteiger partial charge in [-0.05, 0) is 38.0 Å². The van der Waals surface area contributed by atoms with Crippen molar-refractivity contribution in [3.8, 4) is 5.75 Å². The molecule has 24 heavy (non-hydrogen) atoms. The van der Waals surface area contributed by atoms with Crippen molar-refractivity contribution in [2.24, 2.45) is 4.99 Å². The maximum atomic E-state index is 12.6. The Labute approximate surface area is 149 Å². The number of aromatic nitrogens is 1. The largest absolute Gasteiger partial charge is 0.496 e. The summed E-state index contributed by atoms with van der Waals surface area (Å²) in [7, 11) is 1.52. The fourth-order valence-corrected chi connectivity index (χ4v) is 3.74. The zero-order valence-corrected chi connectivity index (χ0v) is 15.2. The molecule has 2 heterocycles. The van der Waals surface area contributed by atoms with Crippen molar-refractivity contribution in [3.63, 3.8) is 0 Å². The minimum absolute atomic E-state index is 0.189. The lowest BCUT2D eigenvalue weighted by molar-refractivity contribution is 0.0949. The number of nitrogens with zero attached hydrogens (tertiary/aromatic N) is 2. The number of thiazole rings is 1. The van der Waals surface area contributed by atoms with Crippen LogP contribution in [0.4, 0.5) is 0 Å². The van der Waals surface area contributed by atoms with E-state index >= 15 is 0 Å². The van der Waals surface area contributed by atoms with Crippen LogP contribution in [-0.2, 0) is 11.3 Å². The highest BCUT2D eigenvalue weighted by Gasteiger charge is 2.18. The summed E-state index contributed by atoms with van der Waals surface area (Å²) in [6.07, 6.45) is 4.32. The fraction of sp³-hybridized carbons (Fsp3) is 0.412. The number of amides is 1. The van der Waals surface area contributed by atoms with Crippen molar-refractivity contribution in [1.82, 2.24) is 4.57 Å². The van der Waals surface area contributed by atoms with Gasteiger partial charge in [0, 0.05) is 22.7 Å². The number of ether oxygens (including phenoxy) is 2. The second-order valence-corrected chi connectivity index (χ2v) is 7.32. The third kappa shape index (κ3) is 3.88. The summed E-state index contributed by atoms with van der Waals surface area (Å²) >= 11 is 7.49. The Hall–Kier alpha value is -1.63. The van der Waals surface area contributed by atoms with E-state index in [-0.39, 0.29) is 12.0 Å². The lowest BCUT2D eigenvalue weighted by Gasteiger charge is -2.10. The minimum atomic E-state index is -0.364. The molecular weight excluding hydrogens is 348 g/mol. The first-order valence-electron chi connectivity index (χ1n) is 7.78. The van der Waals surface area contributed by atoms with Crippen molar-refractivity contribution in [2.45, 2.75) is 32.4 Å². The molecule has 0 N–H and O–H groups in total. The lowest BCUT2D eigenvalue weighted by Crippen LogP contribution is -2.23. The Morgan fingerprint density at radius 2 is 2.38 bits per heavy atom. The Kier molecular flexibility index (Phi) is 5.38. The summed E-state index contributed by atoms with van der Waals surface area (Å²) in [6, 6.07) is 4.94. The van der Waals surface area contributed by atoms with Crippen LogP contribution in [0.15, 0.2) is 29.4 Å². The number of hydrogen-bond donors (Lipinski definition) is 0. The Morgan fingerprint density at radius 3 is 3.08 bits per heavy atom. The molecule has 0 radical (unpaired) electrons. The quantitative estimate of drug-likeness (QED) is 0.832. The van der Waals surface area contributed by atoms with E-state index in [0.717, 1.165) is 24.3 Å². The van der Waals surface area contributed by atoms with Gasteiger partial charge in [0.2, 0.25) is 0 Å². The molecular formula is C17H19ClN2O3S. The molecule has 5 nitrogen and oxygen atoms in total. The lowest BCUT2D eigenvalue weighted by atomic mass is 10.2. The van der Waals surface area contributed by atoms with Crippen LogP contribution in [0, 0.1) is 6.92 Å². The van der Waals surface area contributed by atoms with Crippen LogP contribution < -0.4 is 9.54 Å². The van der Waals surface area contributed by atoms with E-state index in [0.29, 0.717) is 27.7 Å². The third-order valence-corrected chi connectivity index (χ3v) is 5.02. The second kappa shape index (κ2) is 7.51. The van der Waals surface area contributed by atoms with E-state index in [2.05, 4.69) is 4.99 Å². The Morgan fingerprint density at radius 1 is 1.54 bits per heavy atom.